The average molecular weight is 368 g/mol. The van der Waals surface area contributed by atoms with Crippen molar-refractivity contribution >= 4 is 34.8 Å². The molecule has 0 saturated carbocycles. The lowest BCUT2D eigenvalue weighted by Crippen LogP contribution is -2.00. The molecule has 6 heteroatoms. The van der Waals surface area contributed by atoms with Crippen molar-refractivity contribution in [2.24, 2.45) is 0 Å². The van der Waals surface area contributed by atoms with Gasteiger partial charge < -0.3 is 14.6 Å². The third-order valence-electron chi connectivity index (χ3n) is 2.89. The summed E-state index contributed by atoms with van der Waals surface area (Å²) in [5.41, 5.74) is 0. The summed E-state index contributed by atoms with van der Waals surface area (Å²) < 4.78 is 11.1. The van der Waals surface area contributed by atoms with E-state index in [1.54, 1.807) is 25.1 Å². The fourth-order valence-corrected chi connectivity index (χ4v) is 2.39. The highest BCUT2D eigenvalue weighted by Crippen LogP contribution is 2.37. The number of rotatable bonds is 10. The SMILES string of the molecule is C/C(Cl)=C\COc1cc(Cl)c(OCCCCCCO)c(Cl)c1. The molecule has 0 aromatic heterocycles. The van der Waals surface area contributed by atoms with E-state index in [1.807, 2.05) is 0 Å². The number of hydrogen-bond acceptors (Lipinski definition) is 3. The van der Waals surface area contributed by atoms with Crippen LogP contribution in [0.15, 0.2) is 23.2 Å². The van der Waals surface area contributed by atoms with E-state index >= 15 is 0 Å². The number of halogens is 3. The van der Waals surface area contributed by atoms with Gasteiger partial charge in [0.1, 0.15) is 12.4 Å². The quantitative estimate of drug-likeness (QED) is 0.559. The smallest absolute Gasteiger partial charge is 0.156 e. The summed E-state index contributed by atoms with van der Waals surface area (Å²) >= 11 is 18.1. The molecule has 0 fully saturated rings. The maximum Gasteiger partial charge on any atom is 0.156 e. The van der Waals surface area contributed by atoms with Gasteiger partial charge in [-0.1, -0.05) is 41.2 Å². The molecule has 0 aliphatic rings. The Morgan fingerprint density at radius 3 is 2.32 bits per heavy atom. The van der Waals surface area contributed by atoms with Gasteiger partial charge in [-0.3, -0.25) is 0 Å². The van der Waals surface area contributed by atoms with Gasteiger partial charge in [0.25, 0.3) is 0 Å². The van der Waals surface area contributed by atoms with E-state index < -0.39 is 0 Å². The van der Waals surface area contributed by atoms with Crippen LogP contribution in [0.2, 0.25) is 10.0 Å². The minimum Gasteiger partial charge on any atom is -0.490 e. The van der Waals surface area contributed by atoms with E-state index in [9.17, 15) is 0 Å². The maximum atomic E-state index is 8.70. The predicted molar refractivity (Wildman–Crippen MR) is 92.6 cm³/mol. The van der Waals surface area contributed by atoms with Crippen molar-refractivity contribution < 1.29 is 14.6 Å². The van der Waals surface area contributed by atoms with Crippen LogP contribution in [0.1, 0.15) is 32.6 Å². The number of hydrogen-bond donors (Lipinski definition) is 1. The first-order valence-corrected chi connectivity index (χ1v) is 8.35. The van der Waals surface area contributed by atoms with E-state index in [4.69, 9.17) is 49.4 Å². The first-order valence-electron chi connectivity index (χ1n) is 7.22. The molecule has 0 aliphatic carbocycles. The van der Waals surface area contributed by atoms with Gasteiger partial charge in [0.15, 0.2) is 5.75 Å². The average Bonchev–Trinajstić information content (AvgIpc) is 2.44. The molecule has 0 atom stereocenters. The number of allylic oxidation sites excluding steroid dienone is 1. The van der Waals surface area contributed by atoms with Gasteiger partial charge in [0, 0.05) is 23.8 Å². The van der Waals surface area contributed by atoms with Crippen molar-refractivity contribution in [1.29, 1.82) is 0 Å². The Bertz CT molecular complexity index is 463. The normalized spacial score (nSPS) is 11.6. The molecule has 3 nitrogen and oxygen atoms in total. The summed E-state index contributed by atoms with van der Waals surface area (Å²) in [5.74, 6) is 1.04. The highest BCUT2D eigenvalue weighted by Gasteiger charge is 2.10. The molecule has 0 bridgehead atoms. The van der Waals surface area contributed by atoms with Crippen molar-refractivity contribution in [2.45, 2.75) is 32.6 Å². The van der Waals surface area contributed by atoms with E-state index in [0.717, 1.165) is 25.7 Å². The fraction of sp³-hybridized carbons (Fsp3) is 0.500. The first kappa shape index (κ1) is 19.4. The molecule has 0 radical (unpaired) electrons. The van der Waals surface area contributed by atoms with Crippen LogP contribution in [0.3, 0.4) is 0 Å². The minimum atomic E-state index is 0.235. The first-order chi connectivity index (χ1) is 10.5. The molecule has 0 aliphatic heterocycles. The Morgan fingerprint density at radius 2 is 1.73 bits per heavy atom. The summed E-state index contributed by atoms with van der Waals surface area (Å²) in [4.78, 5) is 0. The Morgan fingerprint density at radius 1 is 1.09 bits per heavy atom. The zero-order chi connectivity index (χ0) is 16.4. The lowest BCUT2D eigenvalue weighted by atomic mass is 10.2. The van der Waals surface area contributed by atoms with Crippen LogP contribution in [0.25, 0.3) is 0 Å². The van der Waals surface area contributed by atoms with Crippen LogP contribution in [-0.2, 0) is 0 Å². The summed E-state index contributed by atoms with van der Waals surface area (Å²) in [5, 5.41) is 10.2. The molecular weight excluding hydrogens is 347 g/mol. The van der Waals surface area contributed by atoms with E-state index in [1.165, 1.54) is 0 Å². The molecule has 0 amide bonds. The summed E-state index contributed by atoms with van der Waals surface area (Å²) in [6.07, 6.45) is 5.46. The van der Waals surface area contributed by atoms with Crippen molar-refractivity contribution in [3.8, 4) is 11.5 Å². The van der Waals surface area contributed by atoms with Gasteiger partial charge in [-0.2, -0.15) is 0 Å². The Hall–Kier alpha value is -0.610. The number of ether oxygens (including phenoxy) is 2. The standard InChI is InChI=1S/C16H21Cl3O3/c1-12(17)6-9-21-13-10-14(18)16(15(19)11-13)22-8-5-3-2-4-7-20/h6,10-11,20H,2-5,7-9H2,1H3/b12-6+. The molecule has 0 saturated heterocycles. The molecule has 0 spiro atoms. The van der Waals surface area contributed by atoms with Crippen LogP contribution in [0.4, 0.5) is 0 Å². The Labute approximate surface area is 146 Å². The van der Waals surface area contributed by atoms with Crippen LogP contribution in [-0.4, -0.2) is 24.9 Å². The summed E-state index contributed by atoms with van der Waals surface area (Å²) in [6.45, 7) is 2.91. The second kappa shape index (κ2) is 11.0. The summed E-state index contributed by atoms with van der Waals surface area (Å²) in [7, 11) is 0. The second-order valence-corrected chi connectivity index (χ2v) is 6.21. The maximum absolute atomic E-state index is 8.70. The summed E-state index contributed by atoms with van der Waals surface area (Å²) in [6, 6.07) is 3.35. The van der Waals surface area contributed by atoms with Gasteiger partial charge in [-0.15, -0.1) is 0 Å². The monoisotopic (exact) mass is 366 g/mol. The van der Waals surface area contributed by atoms with Crippen molar-refractivity contribution in [3.05, 3.63) is 33.3 Å². The molecule has 0 unspecified atom stereocenters. The van der Waals surface area contributed by atoms with E-state index in [-0.39, 0.29) is 6.61 Å². The van der Waals surface area contributed by atoms with Gasteiger partial charge in [-0.25, -0.2) is 0 Å². The number of unbranched alkanes of at least 4 members (excludes halogenated alkanes) is 3. The van der Waals surface area contributed by atoms with Crippen molar-refractivity contribution in [2.75, 3.05) is 19.8 Å². The van der Waals surface area contributed by atoms with Crippen LogP contribution in [0, 0.1) is 0 Å². The lowest BCUT2D eigenvalue weighted by molar-refractivity contribution is 0.273. The third kappa shape index (κ3) is 7.59. The second-order valence-electron chi connectivity index (χ2n) is 4.80. The molecular formula is C16H21Cl3O3. The van der Waals surface area contributed by atoms with Crippen LogP contribution < -0.4 is 9.47 Å². The molecule has 1 aromatic rings. The van der Waals surface area contributed by atoms with Gasteiger partial charge in [0.2, 0.25) is 0 Å². The van der Waals surface area contributed by atoms with E-state index in [2.05, 4.69) is 0 Å². The lowest BCUT2D eigenvalue weighted by Gasteiger charge is -2.12. The predicted octanol–water partition coefficient (Wildman–Crippen LogP) is 5.45. The fourth-order valence-electron chi connectivity index (χ4n) is 1.75. The molecule has 1 aromatic carbocycles. The van der Waals surface area contributed by atoms with Crippen LogP contribution in [0.5, 0.6) is 11.5 Å². The number of aliphatic hydroxyl groups excluding tert-OH is 1. The highest BCUT2D eigenvalue weighted by atomic mass is 35.5. The van der Waals surface area contributed by atoms with Gasteiger partial charge in [0.05, 0.1) is 16.7 Å². The molecule has 22 heavy (non-hydrogen) atoms. The van der Waals surface area contributed by atoms with Crippen LogP contribution >= 0.6 is 34.8 Å². The van der Waals surface area contributed by atoms with Crippen molar-refractivity contribution in [3.63, 3.8) is 0 Å². The molecule has 1 rings (SSSR count). The van der Waals surface area contributed by atoms with Gasteiger partial charge >= 0.3 is 0 Å². The van der Waals surface area contributed by atoms with Crippen molar-refractivity contribution in [1.82, 2.24) is 0 Å². The minimum absolute atomic E-state index is 0.235. The zero-order valence-electron chi connectivity index (χ0n) is 12.6. The third-order valence-corrected chi connectivity index (χ3v) is 3.60. The number of benzene rings is 1. The highest BCUT2D eigenvalue weighted by molar-refractivity contribution is 6.37. The topological polar surface area (TPSA) is 38.7 Å². The van der Waals surface area contributed by atoms with Gasteiger partial charge in [-0.05, 0) is 32.3 Å². The molecule has 0 heterocycles. The molecule has 1 N–H and O–H groups in total. The largest absolute Gasteiger partial charge is 0.490 e. The van der Waals surface area contributed by atoms with E-state index in [0.29, 0.717) is 39.8 Å². The number of aliphatic hydroxyl groups is 1. The molecule has 124 valence electrons. The zero-order valence-corrected chi connectivity index (χ0v) is 14.8. The Balaban J connectivity index is 2.49. The Kier molecular flexibility index (Phi) is 9.73.